The second kappa shape index (κ2) is 5.23. The first-order valence-electron chi connectivity index (χ1n) is 6.46. The quantitative estimate of drug-likeness (QED) is 0.850. The molecule has 2 nitrogen and oxygen atoms in total. The highest BCUT2D eigenvalue weighted by molar-refractivity contribution is 5.49. The molecule has 1 saturated carbocycles. The van der Waals surface area contributed by atoms with Crippen molar-refractivity contribution in [1.82, 2.24) is 0 Å². The number of benzene rings is 1. The molecule has 1 fully saturated rings. The van der Waals surface area contributed by atoms with Gasteiger partial charge in [0.1, 0.15) is 0 Å². The molecule has 0 unspecified atom stereocenters. The van der Waals surface area contributed by atoms with Gasteiger partial charge in [-0.25, -0.2) is 0 Å². The van der Waals surface area contributed by atoms with E-state index in [1.54, 1.807) is 0 Å². The molecule has 0 bridgehead atoms. The van der Waals surface area contributed by atoms with Crippen molar-refractivity contribution in [2.75, 3.05) is 11.9 Å². The Kier molecular flexibility index (Phi) is 3.68. The number of nitrogens with one attached hydrogen (secondary N) is 1. The average molecular weight is 228 g/mol. The van der Waals surface area contributed by atoms with Gasteiger partial charge in [-0.3, -0.25) is 0 Å². The largest absolute Gasteiger partial charge is 0.384 e. The minimum atomic E-state index is 0.431. The summed E-state index contributed by atoms with van der Waals surface area (Å²) in [5.74, 6) is 0. The molecule has 2 rings (SSSR count). The van der Waals surface area contributed by atoms with E-state index >= 15 is 0 Å². The molecular weight excluding hydrogens is 208 g/mol. The lowest BCUT2D eigenvalue weighted by Crippen LogP contribution is -2.28. The summed E-state index contributed by atoms with van der Waals surface area (Å²) in [6.07, 6.45) is 6.74. The Balaban J connectivity index is 1.95. The van der Waals surface area contributed by atoms with Crippen molar-refractivity contribution < 1.29 is 0 Å². The molecule has 0 radical (unpaired) electrons. The number of anilines is 1. The molecule has 1 aromatic carbocycles. The lowest BCUT2D eigenvalue weighted by molar-refractivity contribution is 0.233. The smallest absolute Gasteiger partial charge is 0.0992 e. The Labute approximate surface area is 104 Å². The molecule has 0 saturated heterocycles. The Morgan fingerprint density at radius 1 is 1.29 bits per heavy atom. The third kappa shape index (κ3) is 3.23. The van der Waals surface area contributed by atoms with E-state index in [4.69, 9.17) is 5.26 Å². The number of hydrogen-bond acceptors (Lipinski definition) is 2. The van der Waals surface area contributed by atoms with Gasteiger partial charge >= 0.3 is 0 Å². The van der Waals surface area contributed by atoms with Gasteiger partial charge in [0.15, 0.2) is 0 Å². The maximum Gasteiger partial charge on any atom is 0.0992 e. The molecule has 1 aliphatic rings. The van der Waals surface area contributed by atoms with Gasteiger partial charge in [-0.15, -0.1) is 0 Å². The molecule has 0 aromatic heterocycles. The van der Waals surface area contributed by atoms with Crippen LogP contribution in [0.4, 0.5) is 5.69 Å². The van der Waals surface area contributed by atoms with Gasteiger partial charge in [-0.1, -0.05) is 32.3 Å². The minimum Gasteiger partial charge on any atom is -0.384 e. The number of hydrogen-bond donors (Lipinski definition) is 1. The van der Waals surface area contributed by atoms with Crippen LogP contribution in [-0.2, 0) is 0 Å². The minimum absolute atomic E-state index is 0.431. The highest BCUT2D eigenvalue weighted by Crippen LogP contribution is 2.35. The van der Waals surface area contributed by atoms with Gasteiger partial charge in [0.25, 0.3) is 0 Å². The lowest BCUT2D eigenvalue weighted by atomic mass is 9.76. The summed E-state index contributed by atoms with van der Waals surface area (Å²) in [6.45, 7) is 3.38. The van der Waals surface area contributed by atoms with Gasteiger partial charge in [0.05, 0.1) is 11.6 Å². The average Bonchev–Trinajstić information content (AvgIpc) is 2.38. The van der Waals surface area contributed by atoms with E-state index in [0.717, 1.165) is 17.8 Å². The normalized spacial score (nSPS) is 18.4. The van der Waals surface area contributed by atoms with E-state index in [1.807, 2.05) is 24.3 Å². The van der Waals surface area contributed by atoms with Gasteiger partial charge in [0.2, 0.25) is 0 Å². The Morgan fingerprint density at radius 3 is 2.76 bits per heavy atom. The summed E-state index contributed by atoms with van der Waals surface area (Å²) in [6, 6.07) is 9.91. The summed E-state index contributed by atoms with van der Waals surface area (Å²) in [5.41, 5.74) is 2.22. The fourth-order valence-corrected chi connectivity index (χ4v) is 2.60. The molecule has 1 aromatic rings. The SMILES string of the molecule is CC1(CNc2cccc(C#N)c2)CCCCC1. The number of rotatable bonds is 3. The van der Waals surface area contributed by atoms with Gasteiger partial charge in [-0.2, -0.15) is 5.26 Å². The fourth-order valence-electron chi connectivity index (χ4n) is 2.60. The molecule has 1 aliphatic carbocycles. The van der Waals surface area contributed by atoms with E-state index in [1.165, 1.54) is 32.1 Å². The van der Waals surface area contributed by atoms with Crippen molar-refractivity contribution in [1.29, 1.82) is 5.26 Å². The fraction of sp³-hybridized carbons (Fsp3) is 0.533. The molecular formula is C15H20N2. The molecule has 0 aliphatic heterocycles. The highest BCUT2D eigenvalue weighted by Gasteiger charge is 2.26. The van der Waals surface area contributed by atoms with Crippen molar-refractivity contribution in [2.45, 2.75) is 39.0 Å². The zero-order chi connectivity index (χ0) is 12.1. The summed E-state index contributed by atoms with van der Waals surface area (Å²) in [4.78, 5) is 0. The van der Waals surface area contributed by atoms with Crippen LogP contribution >= 0.6 is 0 Å². The zero-order valence-corrected chi connectivity index (χ0v) is 10.5. The summed E-state index contributed by atoms with van der Waals surface area (Å²) in [5, 5.41) is 12.3. The van der Waals surface area contributed by atoms with Crippen LogP contribution in [0, 0.1) is 16.7 Å². The molecule has 17 heavy (non-hydrogen) atoms. The summed E-state index contributed by atoms with van der Waals surface area (Å²) >= 11 is 0. The Hall–Kier alpha value is -1.49. The zero-order valence-electron chi connectivity index (χ0n) is 10.5. The van der Waals surface area contributed by atoms with Crippen molar-refractivity contribution in [2.24, 2.45) is 5.41 Å². The van der Waals surface area contributed by atoms with Crippen molar-refractivity contribution >= 4 is 5.69 Å². The van der Waals surface area contributed by atoms with Crippen molar-refractivity contribution in [3.8, 4) is 6.07 Å². The van der Waals surface area contributed by atoms with E-state index < -0.39 is 0 Å². The van der Waals surface area contributed by atoms with Crippen LogP contribution in [0.25, 0.3) is 0 Å². The first-order valence-corrected chi connectivity index (χ1v) is 6.46. The molecule has 90 valence electrons. The monoisotopic (exact) mass is 228 g/mol. The molecule has 2 heteroatoms. The van der Waals surface area contributed by atoms with Gasteiger partial charge in [-0.05, 0) is 36.5 Å². The highest BCUT2D eigenvalue weighted by atomic mass is 14.9. The predicted molar refractivity (Wildman–Crippen MR) is 70.8 cm³/mol. The number of nitrogens with zero attached hydrogens (tertiary/aromatic N) is 1. The Morgan fingerprint density at radius 2 is 2.06 bits per heavy atom. The van der Waals surface area contributed by atoms with E-state index in [9.17, 15) is 0 Å². The summed E-state index contributed by atoms with van der Waals surface area (Å²) < 4.78 is 0. The van der Waals surface area contributed by atoms with Gasteiger partial charge in [0, 0.05) is 12.2 Å². The van der Waals surface area contributed by atoms with Crippen LogP contribution in [-0.4, -0.2) is 6.54 Å². The lowest BCUT2D eigenvalue weighted by Gasteiger charge is -2.34. The predicted octanol–water partition coefficient (Wildman–Crippen LogP) is 3.94. The second-order valence-electron chi connectivity index (χ2n) is 5.42. The molecule has 1 N–H and O–H groups in total. The third-order valence-corrected chi connectivity index (χ3v) is 3.77. The first-order chi connectivity index (χ1) is 8.22. The van der Waals surface area contributed by atoms with Crippen molar-refractivity contribution in [3.63, 3.8) is 0 Å². The Bertz CT molecular complexity index is 411. The maximum atomic E-state index is 8.85. The third-order valence-electron chi connectivity index (χ3n) is 3.77. The van der Waals surface area contributed by atoms with Crippen LogP contribution in [0.5, 0.6) is 0 Å². The van der Waals surface area contributed by atoms with Crippen LogP contribution in [0.3, 0.4) is 0 Å². The van der Waals surface area contributed by atoms with Crippen LogP contribution in [0.1, 0.15) is 44.6 Å². The molecule has 0 amide bonds. The van der Waals surface area contributed by atoms with Gasteiger partial charge < -0.3 is 5.32 Å². The van der Waals surface area contributed by atoms with Crippen molar-refractivity contribution in [3.05, 3.63) is 29.8 Å². The van der Waals surface area contributed by atoms with E-state index in [0.29, 0.717) is 5.41 Å². The van der Waals surface area contributed by atoms with Crippen LogP contribution in [0.15, 0.2) is 24.3 Å². The first kappa shape index (κ1) is 12.0. The second-order valence-corrected chi connectivity index (χ2v) is 5.42. The van der Waals surface area contributed by atoms with E-state index in [2.05, 4.69) is 18.3 Å². The van der Waals surface area contributed by atoms with E-state index in [-0.39, 0.29) is 0 Å². The van der Waals surface area contributed by atoms with Crippen LogP contribution < -0.4 is 5.32 Å². The molecule has 0 spiro atoms. The maximum absolute atomic E-state index is 8.85. The molecule has 0 heterocycles. The standard InChI is InChI=1S/C15H20N2/c1-15(8-3-2-4-9-15)12-17-14-7-5-6-13(10-14)11-16/h5-7,10,17H,2-4,8-9,12H2,1H3. The number of nitriles is 1. The van der Waals surface area contributed by atoms with Crippen LogP contribution in [0.2, 0.25) is 0 Å². The topological polar surface area (TPSA) is 35.8 Å². The molecule has 0 atom stereocenters. The summed E-state index contributed by atoms with van der Waals surface area (Å²) in [7, 11) is 0.